The van der Waals surface area contributed by atoms with Crippen LogP contribution in [0.1, 0.15) is 12.8 Å². The van der Waals surface area contributed by atoms with Crippen LogP contribution in [0.5, 0.6) is 0 Å². The van der Waals surface area contributed by atoms with Crippen LogP contribution in [-0.2, 0) is 16.0 Å². The fraction of sp³-hybridized carbons (Fsp3) is 0.438. The summed E-state index contributed by atoms with van der Waals surface area (Å²) < 4.78 is 10.7. The van der Waals surface area contributed by atoms with E-state index >= 15 is 0 Å². The average molecular weight is 387 g/mol. The number of rotatable bonds is 5. The van der Waals surface area contributed by atoms with Crippen molar-refractivity contribution >= 4 is 29.9 Å². The predicted molar refractivity (Wildman–Crippen MR) is 95.9 cm³/mol. The highest BCUT2D eigenvalue weighted by molar-refractivity contribution is 6.30. The van der Waals surface area contributed by atoms with Gasteiger partial charge in [-0.1, -0.05) is 28.9 Å². The van der Waals surface area contributed by atoms with E-state index in [1.54, 1.807) is 12.1 Å². The van der Waals surface area contributed by atoms with Crippen molar-refractivity contribution in [3.05, 3.63) is 35.2 Å². The average Bonchev–Trinajstić information content (AvgIpc) is 3.04. The molecule has 1 amide bonds. The van der Waals surface area contributed by atoms with Crippen LogP contribution in [0.15, 0.2) is 28.8 Å². The molecule has 25 heavy (non-hydrogen) atoms. The Kier molecular flexibility index (Phi) is 7.19. The molecule has 0 saturated carbocycles. The summed E-state index contributed by atoms with van der Waals surface area (Å²) in [6.07, 6.45) is 0.318. The highest BCUT2D eigenvalue weighted by Crippen LogP contribution is 2.19. The Morgan fingerprint density at radius 3 is 3.08 bits per heavy atom. The Morgan fingerprint density at radius 1 is 1.48 bits per heavy atom. The minimum atomic E-state index is -0.330. The second-order valence-corrected chi connectivity index (χ2v) is 6.01. The van der Waals surface area contributed by atoms with Crippen LogP contribution < -0.4 is 10.6 Å². The van der Waals surface area contributed by atoms with Crippen LogP contribution in [0.4, 0.5) is 0 Å². The molecule has 2 atom stereocenters. The normalized spacial score (nSPS) is 19.9. The van der Waals surface area contributed by atoms with Gasteiger partial charge in [-0.15, -0.1) is 12.4 Å². The number of benzene rings is 1. The first kappa shape index (κ1) is 19.7. The monoisotopic (exact) mass is 386 g/mol. The second-order valence-electron chi connectivity index (χ2n) is 5.57. The Bertz CT molecular complexity index is 710. The number of carbonyl (C=O) groups is 1. The van der Waals surface area contributed by atoms with Gasteiger partial charge < -0.3 is 19.9 Å². The van der Waals surface area contributed by atoms with Crippen LogP contribution in [0.2, 0.25) is 5.02 Å². The maximum absolute atomic E-state index is 12.1. The third-order valence-corrected chi connectivity index (χ3v) is 4.02. The fourth-order valence-corrected chi connectivity index (χ4v) is 2.72. The van der Waals surface area contributed by atoms with Crippen LogP contribution in [0, 0.1) is 0 Å². The number of nitrogens with one attached hydrogen (secondary N) is 2. The molecule has 7 nitrogen and oxygen atoms in total. The molecule has 2 heterocycles. The van der Waals surface area contributed by atoms with Gasteiger partial charge in [-0.2, -0.15) is 4.98 Å². The molecule has 3 rings (SSSR count). The zero-order valence-electron chi connectivity index (χ0n) is 13.7. The molecule has 0 radical (unpaired) electrons. The summed E-state index contributed by atoms with van der Waals surface area (Å²) in [6.45, 7) is 3.60. The van der Waals surface area contributed by atoms with Crippen molar-refractivity contribution in [2.75, 3.05) is 19.7 Å². The Balaban J connectivity index is 0.00000225. The molecule has 1 aliphatic rings. The number of amides is 1. The molecule has 0 aliphatic carbocycles. The largest absolute Gasteiger partial charge is 0.375 e. The number of morpholine rings is 1. The lowest BCUT2D eigenvalue weighted by atomic mass is 10.1. The number of nitrogens with zero attached hydrogens (tertiary/aromatic N) is 2. The fourth-order valence-electron chi connectivity index (χ4n) is 2.53. The van der Waals surface area contributed by atoms with Crippen molar-refractivity contribution in [2.45, 2.75) is 25.5 Å². The Hall–Kier alpha value is -1.67. The van der Waals surface area contributed by atoms with Gasteiger partial charge in [-0.3, -0.25) is 4.79 Å². The first-order valence-electron chi connectivity index (χ1n) is 7.85. The highest BCUT2D eigenvalue weighted by atomic mass is 35.5. The zero-order valence-corrected chi connectivity index (χ0v) is 15.3. The number of carbonyl (C=O) groups excluding carboxylic acids is 1. The van der Waals surface area contributed by atoms with Gasteiger partial charge in [0.05, 0.1) is 12.7 Å². The number of ether oxygens (including phenoxy) is 1. The van der Waals surface area contributed by atoms with E-state index in [-0.39, 0.29) is 30.5 Å². The van der Waals surface area contributed by atoms with Gasteiger partial charge in [0.15, 0.2) is 0 Å². The van der Waals surface area contributed by atoms with Crippen LogP contribution >= 0.6 is 24.0 Å². The molecular formula is C16H20Cl2N4O3. The van der Waals surface area contributed by atoms with Crippen molar-refractivity contribution < 1.29 is 14.1 Å². The molecule has 2 N–H and O–H groups in total. The van der Waals surface area contributed by atoms with E-state index in [9.17, 15) is 4.79 Å². The topological polar surface area (TPSA) is 89.3 Å². The highest BCUT2D eigenvalue weighted by Gasteiger charge is 2.27. The van der Waals surface area contributed by atoms with Gasteiger partial charge in [0.25, 0.3) is 0 Å². The van der Waals surface area contributed by atoms with E-state index in [1.807, 2.05) is 19.1 Å². The molecule has 9 heteroatoms. The van der Waals surface area contributed by atoms with Crippen LogP contribution in [-0.4, -0.2) is 47.9 Å². The van der Waals surface area contributed by atoms with Gasteiger partial charge in [-0.25, -0.2) is 0 Å². The summed E-state index contributed by atoms with van der Waals surface area (Å²) in [6, 6.07) is 6.91. The van der Waals surface area contributed by atoms with E-state index in [2.05, 4.69) is 20.8 Å². The molecule has 1 aliphatic heterocycles. The second kappa shape index (κ2) is 9.15. The SMILES string of the molecule is C[C@H]1OCCN[C@@H]1C(=O)NCCc1nc(-c2cccc(Cl)c2)no1.Cl. The van der Waals surface area contributed by atoms with Gasteiger partial charge in [0, 0.05) is 30.1 Å². The third kappa shape index (κ3) is 5.15. The molecule has 0 spiro atoms. The van der Waals surface area contributed by atoms with E-state index in [0.29, 0.717) is 42.9 Å². The molecule has 136 valence electrons. The number of hydrogen-bond donors (Lipinski definition) is 2. The van der Waals surface area contributed by atoms with Gasteiger partial charge in [0.1, 0.15) is 6.04 Å². The predicted octanol–water partition coefficient (Wildman–Crippen LogP) is 1.85. The van der Waals surface area contributed by atoms with Gasteiger partial charge in [0.2, 0.25) is 17.6 Å². The first-order valence-corrected chi connectivity index (χ1v) is 8.22. The van der Waals surface area contributed by atoms with Crippen LogP contribution in [0.25, 0.3) is 11.4 Å². The standard InChI is InChI=1S/C16H19ClN4O3.ClH/c1-10-14(18-7-8-23-10)16(22)19-6-5-13-20-15(21-24-13)11-3-2-4-12(17)9-11;/h2-4,9-10,14,18H,5-8H2,1H3,(H,19,22);1H/t10-,14+;/m1./s1. The molecule has 0 unspecified atom stereocenters. The lowest BCUT2D eigenvalue weighted by Crippen LogP contribution is -2.55. The summed E-state index contributed by atoms with van der Waals surface area (Å²) in [5.74, 6) is 0.859. The molecular weight excluding hydrogens is 367 g/mol. The molecule has 1 aromatic carbocycles. The maximum atomic E-state index is 12.1. The van der Waals surface area contributed by atoms with E-state index in [1.165, 1.54) is 0 Å². The van der Waals surface area contributed by atoms with Crippen molar-refractivity contribution in [1.29, 1.82) is 0 Å². The van der Waals surface area contributed by atoms with Crippen molar-refractivity contribution in [2.24, 2.45) is 0 Å². The summed E-state index contributed by atoms with van der Waals surface area (Å²) in [5.41, 5.74) is 0.791. The quantitative estimate of drug-likeness (QED) is 0.814. The van der Waals surface area contributed by atoms with Gasteiger partial charge >= 0.3 is 0 Å². The van der Waals surface area contributed by atoms with E-state index in [0.717, 1.165) is 5.56 Å². The van der Waals surface area contributed by atoms with E-state index < -0.39 is 0 Å². The smallest absolute Gasteiger partial charge is 0.239 e. The minimum Gasteiger partial charge on any atom is -0.375 e. The molecule has 1 fully saturated rings. The molecule has 0 bridgehead atoms. The number of hydrogen-bond acceptors (Lipinski definition) is 6. The summed E-state index contributed by atoms with van der Waals surface area (Å²) in [5, 5.41) is 10.6. The molecule has 2 aromatic rings. The summed E-state index contributed by atoms with van der Waals surface area (Å²) in [4.78, 5) is 16.4. The molecule has 1 saturated heterocycles. The Morgan fingerprint density at radius 2 is 2.32 bits per heavy atom. The Labute approximate surface area is 156 Å². The molecule has 1 aromatic heterocycles. The van der Waals surface area contributed by atoms with E-state index in [4.69, 9.17) is 20.9 Å². The van der Waals surface area contributed by atoms with Gasteiger partial charge in [-0.05, 0) is 19.1 Å². The van der Waals surface area contributed by atoms with Crippen molar-refractivity contribution in [1.82, 2.24) is 20.8 Å². The number of halogens is 2. The van der Waals surface area contributed by atoms with Crippen LogP contribution in [0.3, 0.4) is 0 Å². The third-order valence-electron chi connectivity index (χ3n) is 3.79. The lowest BCUT2D eigenvalue weighted by Gasteiger charge is -2.29. The first-order chi connectivity index (χ1) is 11.6. The zero-order chi connectivity index (χ0) is 16.9. The summed E-state index contributed by atoms with van der Waals surface area (Å²) >= 11 is 5.96. The van der Waals surface area contributed by atoms with Crippen molar-refractivity contribution in [3.8, 4) is 11.4 Å². The minimum absolute atomic E-state index is 0. The number of aromatic nitrogens is 2. The maximum Gasteiger partial charge on any atom is 0.239 e. The summed E-state index contributed by atoms with van der Waals surface area (Å²) in [7, 11) is 0. The van der Waals surface area contributed by atoms with Crippen molar-refractivity contribution in [3.63, 3.8) is 0 Å². The lowest BCUT2D eigenvalue weighted by molar-refractivity contribution is -0.128.